The third kappa shape index (κ3) is 3.14. The molecule has 0 aromatic carbocycles. The average Bonchev–Trinajstić information content (AvgIpc) is 2.16. The number of hydrogen-bond donors (Lipinski definition) is 2. The molecular weight excluding hydrogens is 218 g/mol. The largest absolute Gasteiger partial charge is 0.393 e. The van der Waals surface area contributed by atoms with Gasteiger partial charge in [-0.25, -0.2) is 0 Å². The van der Waals surface area contributed by atoms with Gasteiger partial charge in [-0.15, -0.1) is 0 Å². The van der Waals surface area contributed by atoms with E-state index >= 15 is 0 Å². The van der Waals surface area contributed by atoms with Crippen molar-refractivity contribution in [3.05, 3.63) is 0 Å². The van der Waals surface area contributed by atoms with Crippen LogP contribution in [0.2, 0.25) is 0 Å². The van der Waals surface area contributed by atoms with Crippen molar-refractivity contribution in [3.63, 3.8) is 0 Å². The molecule has 0 spiro atoms. The molecule has 84 valence electrons. The molecule has 1 saturated heterocycles. The first-order valence-corrected chi connectivity index (χ1v) is 4.88. The van der Waals surface area contributed by atoms with Crippen LogP contribution in [0, 0.1) is 0 Å². The first kappa shape index (κ1) is 11.9. The maximum atomic E-state index is 11.6. The van der Waals surface area contributed by atoms with E-state index in [0.717, 1.165) is 0 Å². The van der Waals surface area contributed by atoms with Crippen LogP contribution in [-0.4, -0.2) is 47.5 Å². The Bertz CT molecular complexity index is 295. The number of nitrogens with two attached hydrogens (primary N) is 2. The van der Waals surface area contributed by atoms with Crippen LogP contribution < -0.4 is 11.5 Å². The molecule has 1 atom stereocenters. The highest BCUT2D eigenvalue weighted by molar-refractivity contribution is 7.80. The van der Waals surface area contributed by atoms with Crippen molar-refractivity contribution >= 4 is 29.0 Å². The molecule has 0 saturated carbocycles. The topological polar surface area (TPSA) is 98.7 Å². The van der Waals surface area contributed by atoms with Crippen molar-refractivity contribution in [2.75, 3.05) is 19.8 Å². The molecule has 4 N–H and O–H groups in total. The number of ether oxygens (including phenoxy) is 1. The minimum Gasteiger partial charge on any atom is -0.393 e. The Morgan fingerprint density at radius 3 is 2.67 bits per heavy atom. The fourth-order valence-electron chi connectivity index (χ4n) is 1.39. The van der Waals surface area contributed by atoms with E-state index in [2.05, 4.69) is 12.2 Å². The lowest BCUT2D eigenvalue weighted by Gasteiger charge is -2.33. The number of amides is 2. The number of primary amides is 1. The van der Waals surface area contributed by atoms with E-state index < -0.39 is 11.9 Å². The second-order valence-electron chi connectivity index (χ2n) is 3.22. The molecule has 1 aliphatic rings. The molecular formula is C8H13N3O3S. The lowest BCUT2D eigenvalue weighted by atomic mass is 10.2. The van der Waals surface area contributed by atoms with E-state index in [1.807, 2.05) is 0 Å². The molecule has 0 aliphatic carbocycles. The molecule has 0 radical (unpaired) electrons. The fraction of sp³-hybridized carbons (Fsp3) is 0.625. The fourth-order valence-corrected chi connectivity index (χ4v) is 1.51. The Hall–Kier alpha value is -1.21. The van der Waals surface area contributed by atoms with Crippen LogP contribution in [0.1, 0.15) is 6.42 Å². The molecule has 0 bridgehead atoms. The minimum absolute atomic E-state index is 0.0425. The quantitative estimate of drug-likeness (QED) is 0.568. The van der Waals surface area contributed by atoms with E-state index in [1.165, 1.54) is 4.90 Å². The summed E-state index contributed by atoms with van der Waals surface area (Å²) in [5.41, 5.74) is 10.4. The molecule has 1 heterocycles. The summed E-state index contributed by atoms with van der Waals surface area (Å²) < 4.78 is 5.07. The number of thiocarbonyl (C=S) groups is 1. The minimum atomic E-state index is -0.708. The van der Waals surface area contributed by atoms with Gasteiger partial charge in [0.05, 0.1) is 24.6 Å². The van der Waals surface area contributed by atoms with Gasteiger partial charge in [0.2, 0.25) is 11.8 Å². The smallest absolute Gasteiger partial charge is 0.242 e. The van der Waals surface area contributed by atoms with Gasteiger partial charge < -0.3 is 21.1 Å². The summed E-state index contributed by atoms with van der Waals surface area (Å²) in [6.07, 6.45) is -0.0425. The van der Waals surface area contributed by atoms with Crippen LogP contribution in [-0.2, 0) is 14.3 Å². The summed E-state index contributed by atoms with van der Waals surface area (Å²) in [5.74, 6) is -0.861. The van der Waals surface area contributed by atoms with Gasteiger partial charge in [0.25, 0.3) is 0 Å². The van der Waals surface area contributed by atoms with Crippen molar-refractivity contribution in [1.82, 2.24) is 4.90 Å². The summed E-state index contributed by atoms with van der Waals surface area (Å²) in [4.78, 5) is 24.1. The van der Waals surface area contributed by atoms with Gasteiger partial charge in [0.1, 0.15) is 6.04 Å². The first-order chi connectivity index (χ1) is 7.02. The Morgan fingerprint density at radius 1 is 1.47 bits per heavy atom. The SMILES string of the molecule is NC(=O)C1COCCN1C(=O)CC(N)=S. The Balaban J connectivity index is 2.67. The number of carbonyl (C=O) groups excluding carboxylic acids is 2. The third-order valence-corrected chi connectivity index (χ3v) is 2.25. The van der Waals surface area contributed by atoms with Crippen LogP contribution >= 0.6 is 12.2 Å². The molecule has 2 amide bonds. The normalized spacial score (nSPS) is 21.1. The van der Waals surface area contributed by atoms with Crippen molar-refractivity contribution < 1.29 is 14.3 Å². The number of nitrogens with zero attached hydrogens (tertiary/aromatic N) is 1. The summed E-state index contributed by atoms with van der Waals surface area (Å²) in [6.45, 7) is 0.875. The molecule has 1 fully saturated rings. The zero-order chi connectivity index (χ0) is 11.4. The van der Waals surface area contributed by atoms with E-state index in [0.29, 0.717) is 13.2 Å². The van der Waals surface area contributed by atoms with Gasteiger partial charge in [-0.05, 0) is 0 Å². The second kappa shape index (κ2) is 5.04. The summed E-state index contributed by atoms with van der Waals surface area (Å²) in [6, 6.07) is -0.708. The lowest BCUT2D eigenvalue weighted by Crippen LogP contribution is -2.55. The van der Waals surface area contributed by atoms with Gasteiger partial charge in [-0.2, -0.15) is 0 Å². The van der Waals surface area contributed by atoms with E-state index in [-0.39, 0.29) is 23.9 Å². The zero-order valence-electron chi connectivity index (χ0n) is 8.14. The standard InChI is InChI=1S/C8H13N3O3S/c9-6(15)3-7(12)11-1-2-14-4-5(11)8(10)13/h5H,1-4H2,(H2,9,15)(H2,10,13). The summed E-state index contributed by atoms with van der Waals surface area (Å²) in [5, 5.41) is 0. The van der Waals surface area contributed by atoms with Gasteiger partial charge >= 0.3 is 0 Å². The van der Waals surface area contributed by atoms with E-state index in [4.69, 9.17) is 16.2 Å². The predicted octanol–water partition coefficient (Wildman–Crippen LogP) is -1.62. The highest BCUT2D eigenvalue weighted by atomic mass is 32.1. The van der Waals surface area contributed by atoms with Crippen molar-refractivity contribution in [1.29, 1.82) is 0 Å². The summed E-state index contributed by atoms with van der Waals surface area (Å²) in [7, 11) is 0. The number of hydrogen-bond acceptors (Lipinski definition) is 4. The Kier molecular flexibility index (Phi) is 3.98. The monoisotopic (exact) mass is 231 g/mol. The van der Waals surface area contributed by atoms with Crippen LogP contribution in [0.25, 0.3) is 0 Å². The molecule has 0 aromatic rings. The lowest BCUT2D eigenvalue weighted by molar-refractivity contribution is -0.146. The Labute approximate surface area is 92.5 Å². The molecule has 6 nitrogen and oxygen atoms in total. The van der Waals surface area contributed by atoms with Crippen LogP contribution in [0.15, 0.2) is 0 Å². The van der Waals surface area contributed by atoms with Crippen molar-refractivity contribution in [2.45, 2.75) is 12.5 Å². The molecule has 1 rings (SSSR count). The number of carbonyl (C=O) groups is 2. The maximum absolute atomic E-state index is 11.6. The second-order valence-corrected chi connectivity index (χ2v) is 3.75. The molecule has 7 heteroatoms. The number of morpholine rings is 1. The van der Waals surface area contributed by atoms with E-state index in [1.54, 1.807) is 0 Å². The van der Waals surface area contributed by atoms with Crippen LogP contribution in [0.3, 0.4) is 0 Å². The Morgan fingerprint density at radius 2 is 2.13 bits per heavy atom. The van der Waals surface area contributed by atoms with E-state index in [9.17, 15) is 9.59 Å². The number of rotatable bonds is 3. The average molecular weight is 231 g/mol. The van der Waals surface area contributed by atoms with Gasteiger partial charge in [0, 0.05) is 6.54 Å². The van der Waals surface area contributed by atoms with Gasteiger partial charge in [0.15, 0.2) is 0 Å². The first-order valence-electron chi connectivity index (χ1n) is 4.47. The summed E-state index contributed by atoms with van der Waals surface area (Å²) >= 11 is 4.63. The highest BCUT2D eigenvalue weighted by Crippen LogP contribution is 2.08. The third-order valence-electron chi connectivity index (χ3n) is 2.10. The maximum Gasteiger partial charge on any atom is 0.242 e. The van der Waals surface area contributed by atoms with Crippen molar-refractivity contribution in [2.24, 2.45) is 11.5 Å². The van der Waals surface area contributed by atoms with Crippen LogP contribution in [0.5, 0.6) is 0 Å². The molecule has 1 unspecified atom stereocenters. The predicted molar refractivity (Wildman–Crippen MR) is 56.9 cm³/mol. The van der Waals surface area contributed by atoms with Crippen LogP contribution in [0.4, 0.5) is 0 Å². The van der Waals surface area contributed by atoms with Gasteiger partial charge in [-0.3, -0.25) is 9.59 Å². The van der Waals surface area contributed by atoms with Crippen molar-refractivity contribution in [3.8, 4) is 0 Å². The zero-order valence-corrected chi connectivity index (χ0v) is 8.96. The molecule has 0 aromatic heterocycles. The van der Waals surface area contributed by atoms with Gasteiger partial charge in [-0.1, -0.05) is 12.2 Å². The molecule has 15 heavy (non-hydrogen) atoms. The highest BCUT2D eigenvalue weighted by Gasteiger charge is 2.31. The molecule has 1 aliphatic heterocycles.